The van der Waals surface area contributed by atoms with Crippen molar-refractivity contribution in [3.63, 3.8) is 0 Å². The Balaban J connectivity index is 1.72. The van der Waals surface area contributed by atoms with Crippen molar-refractivity contribution in [2.45, 2.75) is 18.4 Å². The normalized spacial score (nSPS) is 11.3. The smallest absolute Gasteiger partial charge is 0.242 e. The van der Waals surface area contributed by atoms with Gasteiger partial charge in [0.05, 0.1) is 37.8 Å². The Morgan fingerprint density at radius 3 is 2.41 bits per heavy atom. The maximum absolute atomic E-state index is 12.4. The maximum atomic E-state index is 12.4. The zero-order valence-electron chi connectivity index (χ0n) is 16.2. The van der Waals surface area contributed by atoms with Gasteiger partial charge in [0, 0.05) is 6.07 Å². The summed E-state index contributed by atoms with van der Waals surface area (Å²) in [6, 6.07) is 11.3. The van der Waals surface area contributed by atoms with E-state index in [1.807, 2.05) is 6.92 Å². The molecule has 0 aliphatic heterocycles. The van der Waals surface area contributed by atoms with Crippen LogP contribution in [0.25, 0.3) is 11.4 Å². The van der Waals surface area contributed by atoms with Gasteiger partial charge < -0.3 is 18.7 Å². The number of nitrogens with one attached hydrogen (secondary N) is 1. The fourth-order valence-corrected chi connectivity index (χ4v) is 3.52. The molecule has 0 saturated heterocycles. The zero-order chi connectivity index (χ0) is 20.9. The Hall–Kier alpha value is -3.11. The van der Waals surface area contributed by atoms with E-state index in [0.717, 1.165) is 0 Å². The fraction of sp³-hybridized carbons (Fsp3) is 0.263. The number of hydrogen-bond donors (Lipinski definition) is 1. The summed E-state index contributed by atoms with van der Waals surface area (Å²) in [6.07, 6.45) is 0. The third kappa shape index (κ3) is 4.84. The molecule has 1 heterocycles. The molecule has 0 aliphatic rings. The van der Waals surface area contributed by atoms with Gasteiger partial charge in [-0.1, -0.05) is 5.16 Å². The summed E-state index contributed by atoms with van der Waals surface area (Å²) in [6.45, 7) is 2.20. The van der Waals surface area contributed by atoms with Gasteiger partial charge in [0.25, 0.3) is 0 Å². The van der Waals surface area contributed by atoms with E-state index in [1.165, 1.54) is 19.2 Å². The highest BCUT2D eigenvalue weighted by molar-refractivity contribution is 7.89. The number of aromatic nitrogens is 2. The van der Waals surface area contributed by atoms with Crippen LogP contribution in [-0.4, -0.2) is 39.4 Å². The Morgan fingerprint density at radius 2 is 1.76 bits per heavy atom. The fourth-order valence-electron chi connectivity index (χ4n) is 2.54. The molecule has 29 heavy (non-hydrogen) atoms. The van der Waals surface area contributed by atoms with Crippen molar-refractivity contribution in [2.75, 3.05) is 20.8 Å². The first-order valence-corrected chi connectivity index (χ1v) is 10.2. The molecule has 0 radical (unpaired) electrons. The minimum Gasteiger partial charge on any atom is -0.497 e. The van der Waals surface area contributed by atoms with Gasteiger partial charge in [-0.15, -0.1) is 0 Å². The lowest BCUT2D eigenvalue weighted by Gasteiger charge is -2.07. The van der Waals surface area contributed by atoms with Crippen molar-refractivity contribution in [3.8, 4) is 28.6 Å². The predicted octanol–water partition coefficient (Wildman–Crippen LogP) is 2.63. The van der Waals surface area contributed by atoms with Crippen molar-refractivity contribution < 1.29 is 27.2 Å². The summed E-state index contributed by atoms with van der Waals surface area (Å²) < 4.78 is 48.3. The number of hydrogen-bond acceptors (Lipinski definition) is 8. The topological polar surface area (TPSA) is 113 Å². The zero-order valence-corrected chi connectivity index (χ0v) is 17.0. The minimum absolute atomic E-state index is 0.109. The molecule has 0 amide bonds. The van der Waals surface area contributed by atoms with Gasteiger partial charge in [-0.3, -0.25) is 0 Å². The minimum atomic E-state index is -3.74. The highest BCUT2D eigenvalue weighted by Crippen LogP contribution is 2.31. The second-order valence-electron chi connectivity index (χ2n) is 5.81. The third-order valence-electron chi connectivity index (χ3n) is 3.98. The number of nitrogens with zero attached hydrogens (tertiary/aromatic N) is 2. The van der Waals surface area contributed by atoms with Gasteiger partial charge in [0.1, 0.15) is 17.2 Å². The quantitative estimate of drug-likeness (QED) is 0.563. The van der Waals surface area contributed by atoms with Crippen molar-refractivity contribution in [1.82, 2.24) is 14.9 Å². The molecule has 10 heteroatoms. The van der Waals surface area contributed by atoms with Crippen LogP contribution in [0.3, 0.4) is 0 Å². The molecule has 0 bridgehead atoms. The Morgan fingerprint density at radius 1 is 1.03 bits per heavy atom. The molecule has 0 unspecified atom stereocenters. The van der Waals surface area contributed by atoms with Crippen molar-refractivity contribution in [2.24, 2.45) is 0 Å². The maximum Gasteiger partial charge on any atom is 0.242 e. The average molecular weight is 419 g/mol. The first-order chi connectivity index (χ1) is 14.0. The monoisotopic (exact) mass is 419 g/mol. The van der Waals surface area contributed by atoms with Crippen LogP contribution in [-0.2, 0) is 16.6 Å². The standard InChI is InChI=1S/C19H21N3O6S/c1-4-27-13-5-8-15(9-6-13)29(23,24)20-12-18-21-19(22-28-18)16-10-7-14(25-2)11-17(16)26-3/h5-11,20H,4,12H2,1-3H3. The second-order valence-corrected chi connectivity index (χ2v) is 7.57. The second kappa shape index (κ2) is 8.93. The highest BCUT2D eigenvalue weighted by atomic mass is 32.2. The van der Waals surface area contributed by atoms with E-state index in [4.69, 9.17) is 18.7 Å². The van der Waals surface area contributed by atoms with Gasteiger partial charge >= 0.3 is 0 Å². The van der Waals surface area contributed by atoms with Crippen molar-refractivity contribution in [3.05, 3.63) is 48.4 Å². The SMILES string of the molecule is CCOc1ccc(S(=O)(=O)NCc2nc(-c3ccc(OC)cc3OC)no2)cc1. The summed E-state index contributed by atoms with van der Waals surface area (Å²) in [4.78, 5) is 4.34. The summed E-state index contributed by atoms with van der Waals surface area (Å²) in [5, 5.41) is 3.90. The third-order valence-corrected chi connectivity index (χ3v) is 5.39. The molecule has 0 spiro atoms. The molecule has 1 N–H and O–H groups in total. The molecule has 1 aromatic heterocycles. The van der Waals surface area contributed by atoms with E-state index < -0.39 is 10.0 Å². The van der Waals surface area contributed by atoms with Crippen molar-refractivity contribution >= 4 is 10.0 Å². The van der Waals surface area contributed by atoms with Crippen LogP contribution in [0, 0.1) is 0 Å². The number of sulfonamides is 1. The van der Waals surface area contributed by atoms with E-state index in [1.54, 1.807) is 37.4 Å². The molecule has 3 rings (SSSR count). The van der Waals surface area contributed by atoms with E-state index in [2.05, 4.69) is 14.9 Å². The van der Waals surface area contributed by atoms with Gasteiger partial charge in [0.15, 0.2) is 0 Å². The Labute approximate surface area is 168 Å². The van der Waals surface area contributed by atoms with Crippen LogP contribution in [0.5, 0.6) is 17.2 Å². The lowest BCUT2D eigenvalue weighted by atomic mass is 10.2. The molecule has 3 aromatic rings. The van der Waals surface area contributed by atoms with E-state index >= 15 is 0 Å². The van der Waals surface area contributed by atoms with Gasteiger partial charge in [-0.2, -0.15) is 4.98 Å². The summed E-state index contributed by atoms with van der Waals surface area (Å²) in [5.41, 5.74) is 0.595. The van der Waals surface area contributed by atoms with E-state index in [0.29, 0.717) is 29.4 Å². The van der Waals surface area contributed by atoms with Crippen LogP contribution < -0.4 is 18.9 Å². The van der Waals surface area contributed by atoms with Gasteiger partial charge in [0.2, 0.25) is 21.7 Å². The Bertz CT molecular complexity index is 1060. The number of rotatable bonds is 9. The molecule has 0 atom stereocenters. The van der Waals surface area contributed by atoms with E-state index in [-0.39, 0.29) is 23.2 Å². The van der Waals surface area contributed by atoms with Crippen LogP contribution in [0.1, 0.15) is 12.8 Å². The molecule has 0 fully saturated rings. The van der Waals surface area contributed by atoms with Crippen LogP contribution in [0.15, 0.2) is 51.9 Å². The molecule has 2 aromatic carbocycles. The lowest BCUT2D eigenvalue weighted by Crippen LogP contribution is -2.23. The van der Waals surface area contributed by atoms with E-state index in [9.17, 15) is 8.42 Å². The summed E-state index contributed by atoms with van der Waals surface area (Å²) in [5.74, 6) is 2.12. The summed E-state index contributed by atoms with van der Waals surface area (Å²) in [7, 11) is -0.671. The van der Waals surface area contributed by atoms with Gasteiger partial charge in [-0.05, 0) is 43.3 Å². The number of ether oxygens (including phenoxy) is 3. The van der Waals surface area contributed by atoms with Crippen LogP contribution >= 0.6 is 0 Å². The average Bonchev–Trinajstić information content (AvgIpc) is 3.21. The summed E-state index contributed by atoms with van der Waals surface area (Å²) >= 11 is 0. The lowest BCUT2D eigenvalue weighted by molar-refractivity contribution is 0.340. The van der Waals surface area contributed by atoms with Crippen LogP contribution in [0.2, 0.25) is 0 Å². The largest absolute Gasteiger partial charge is 0.497 e. The molecular weight excluding hydrogens is 398 g/mol. The number of benzene rings is 2. The highest BCUT2D eigenvalue weighted by Gasteiger charge is 2.18. The molecule has 154 valence electrons. The Kier molecular flexibility index (Phi) is 6.35. The van der Waals surface area contributed by atoms with Crippen LogP contribution in [0.4, 0.5) is 0 Å². The van der Waals surface area contributed by atoms with Gasteiger partial charge in [-0.25, -0.2) is 13.1 Å². The van der Waals surface area contributed by atoms with Crippen molar-refractivity contribution in [1.29, 1.82) is 0 Å². The molecule has 0 aliphatic carbocycles. The first-order valence-electron chi connectivity index (χ1n) is 8.74. The molecule has 0 saturated carbocycles. The predicted molar refractivity (Wildman–Crippen MR) is 104 cm³/mol. The molecule has 9 nitrogen and oxygen atoms in total. The molecular formula is C19H21N3O6S. The first kappa shape index (κ1) is 20.6. The number of methoxy groups -OCH3 is 2.